The van der Waals surface area contributed by atoms with E-state index in [0.717, 1.165) is 17.5 Å². The Hall–Kier alpha value is -1.60. The molecule has 0 bridgehead atoms. The molecule has 1 fully saturated rings. The molecule has 0 heterocycles. The van der Waals surface area contributed by atoms with Crippen LogP contribution in [0.25, 0.3) is 0 Å². The average Bonchev–Trinajstić information content (AvgIpc) is 2.57. The van der Waals surface area contributed by atoms with Gasteiger partial charge in [0.1, 0.15) is 5.60 Å². The zero-order valence-corrected chi connectivity index (χ0v) is 12.5. The number of hydrogen-bond acceptors (Lipinski definition) is 1. The maximum absolute atomic E-state index is 11.5. The fourth-order valence-electron chi connectivity index (χ4n) is 3.64. The zero-order valence-electron chi connectivity index (χ0n) is 12.5. The van der Waals surface area contributed by atoms with Gasteiger partial charge in [-0.1, -0.05) is 92.8 Å². The molecule has 1 aliphatic carbocycles. The molecular weight excluding hydrogens is 256 g/mol. The molecule has 0 aliphatic heterocycles. The van der Waals surface area contributed by atoms with Crippen molar-refractivity contribution in [2.24, 2.45) is 5.92 Å². The van der Waals surface area contributed by atoms with Crippen LogP contribution in [0.2, 0.25) is 0 Å². The predicted molar refractivity (Wildman–Crippen MR) is 87.1 cm³/mol. The van der Waals surface area contributed by atoms with Crippen molar-refractivity contribution < 1.29 is 5.11 Å². The van der Waals surface area contributed by atoms with Crippen LogP contribution >= 0.6 is 0 Å². The lowest BCUT2D eigenvalue weighted by atomic mass is 9.75. The zero-order chi connectivity index (χ0) is 14.5. The summed E-state index contributed by atoms with van der Waals surface area (Å²) in [6.45, 7) is 0. The van der Waals surface area contributed by atoms with Crippen LogP contribution < -0.4 is 0 Å². The highest BCUT2D eigenvalue weighted by atomic mass is 16.3. The molecule has 1 N–H and O–H groups in total. The van der Waals surface area contributed by atoms with Gasteiger partial charge in [0, 0.05) is 0 Å². The maximum atomic E-state index is 11.5. The lowest BCUT2D eigenvalue weighted by molar-refractivity contribution is 0.0451. The molecule has 3 rings (SSSR count). The van der Waals surface area contributed by atoms with E-state index in [1.807, 2.05) is 36.4 Å². The summed E-state index contributed by atoms with van der Waals surface area (Å²) in [5.41, 5.74) is 1.17. The van der Waals surface area contributed by atoms with E-state index in [1.165, 1.54) is 32.1 Å². The highest BCUT2D eigenvalue weighted by Crippen LogP contribution is 2.39. The molecule has 0 atom stereocenters. The average molecular weight is 280 g/mol. The van der Waals surface area contributed by atoms with E-state index in [2.05, 4.69) is 24.3 Å². The molecule has 1 saturated carbocycles. The highest BCUT2D eigenvalue weighted by Gasteiger charge is 2.34. The van der Waals surface area contributed by atoms with Gasteiger partial charge >= 0.3 is 0 Å². The van der Waals surface area contributed by atoms with Crippen molar-refractivity contribution in [2.75, 3.05) is 0 Å². The molecule has 1 nitrogen and oxygen atoms in total. The van der Waals surface area contributed by atoms with Gasteiger partial charge in [-0.25, -0.2) is 0 Å². The summed E-state index contributed by atoms with van der Waals surface area (Å²) in [4.78, 5) is 0. The third-order valence-corrected chi connectivity index (χ3v) is 4.81. The van der Waals surface area contributed by atoms with Crippen molar-refractivity contribution >= 4 is 0 Å². The summed E-state index contributed by atoms with van der Waals surface area (Å²) in [5.74, 6) is 0.629. The Morgan fingerprint density at radius 3 is 1.71 bits per heavy atom. The molecule has 0 amide bonds. The number of aliphatic hydroxyl groups is 1. The number of benzene rings is 2. The lowest BCUT2D eigenvalue weighted by Gasteiger charge is -2.34. The quantitative estimate of drug-likeness (QED) is 0.845. The molecule has 0 radical (unpaired) electrons. The van der Waals surface area contributed by atoms with Gasteiger partial charge in [-0.15, -0.1) is 0 Å². The molecule has 1 heteroatoms. The summed E-state index contributed by atoms with van der Waals surface area (Å²) >= 11 is 0. The summed E-state index contributed by atoms with van der Waals surface area (Å²) in [6.07, 6.45) is 7.31. The van der Waals surface area contributed by atoms with Crippen molar-refractivity contribution in [3.05, 3.63) is 71.8 Å². The minimum absolute atomic E-state index is 0.629. The van der Waals surface area contributed by atoms with Crippen molar-refractivity contribution in [1.82, 2.24) is 0 Å². The largest absolute Gasteiger partial charge is 0.380 e. The van der Waals surface area contributed by atoms with Crippen molar-refractivity contribution in [2.45, 2.75) is 44.1 Å². The van der Waals surface area contributed by atoms with E-state index in [0.29, 0.717) is 5.92 Å². The first-order chi connectivity index (χ1) is 10.3. The Bertz CT molecular complexity index is 501. The van der Waals surface area contributed by atoms with Crippen LogP contribution in [0.15, 0.2) is 60.7 Å². The Morgan fingerprint density at radius 2 is 1.24 bits per heavy atom. The number of hydrogen-bond donors (Lipinski definition) is 1. The van der Waals surface area contributed by atoms with E-state index >= 15 is 0 Å². The summed E-state index contributed by atoms with van der Waals surface area (Å²) in [7, 11) is 0. The summed E-state index contributed by atoms with van der Waals surface area (Å²) in [5, 5.41) is 11.5. The standard InChI is InChI=1S/C20H24O/c21-20(18-12-6-2-7-13-18,19-14-8-3-9-15-19)16-17-10-4-1-5-11-17/h2-3,6-9,12-15,17,21H,1,4-5,10-11,16H2. The van der Waals surface area contributed by atoms with Crippen LogP contribution in [0.3, 0.4) is 0 Å². The topological polar surface area (TPSA) is 20.2 Å². The van der Waals surface area contributed by atoms with Gasteiger partial charge in [0.05, 0.1) is 0 Å². The Morgan fingerprint density at radius 1 is 0.762 bits per heavy atom. The molecule has 0 saturated heterocycles. The summed E-state index contributed by atoms with van der Waals surface area (Å²) in [6, 6.07) is 20.3. The van der Waals surface area contributed by atoms with Crippen molar-refractivity contribution in [3.63, 3.8) is 0 Å². The van der Waals surface area contributed by atoms with Crippen molar-refractivity contribution in [3.8, 4) is 0 Å². The second-order valence-electron chi connectivity index (χ2n) is 6.30. The van der Waals surface area contributed by atoms with E-state index in [4.69, 9.17) is 0 Å². The normalized spacial score (nSPS) is 16.8. The Kier molecular flexibility index (Phi) is 4.40. The fraction of sp³-hybridized carbons (Fsp3) is 0.400. The van der Waals surface area contributed by atoms with Crippen LogP contribution in [0.5, 0.6) is 0 Å². The van der Waals surface area contributed by atoms with Gasteiger partial charge < -0.3 is 5.11 Å². The molecular formula is C20H24O. The minimum atomic E-state index is -0.857. The second kappa shape index (κ2) is 6.44. The van der Waals surface area contributed by atoms with Gasteiger partial charge in [0.25, 0.3) is 0 Å². The SMILES string of the molecule is OC(CC1CCCCC1)(c1ccccc1)c1ccccc1. The smallest absolute Gasteiger partial charge is 0.115 e. The van der Waals surface area contributed by atoms with Crippen LogP contribution in [0, 0.1) is 5.92 Å². The van der Waals surface area contributed by atoms with Crippen LogP contribution in [-0.2, 0) is 5.60 Å². The maximum Gasteiger partial charge on any atom is 0.115 e. The molecule has 110 valence electrons. The van der Waals surface area contributed by atoms with Crippen LogP contribution in [0.1, 0.15) is 49.7 Å². The second-order valence-corrected chi connectivity index (χ2v) is 6.30. The van der Waals surface area contributed by atoms with Crippen LogP contribution in [0.4, 0.5) is 0 Å². The van der Waals surface area contributed by atoms with Gasteiger partial charge in [0.15, 0.2) is 0 Å². The molecule has 0 aromatic heterocycles. The van der Waals surface area contributed by atoms with Gasteiger partial charge in [-0.2, -0.15) is 0 Å². The molecule has 0 unspecified atom stereocenters. The third-order valence-electron chi connectivity index (χ3n) is 4.81. The van der Waals surface area contributed by atoms with Gasteiger partial charge in [-0.05, 0) is 23.5 Å². The summed E-state index contributed by atoms with van der Waals surface area (Å²) < 4.78 is 0. The van der Waals surface area contributed by atoms with E-state index in [-0.39, 0.29) is 0 Å². The fourth-order valence-corrected chi connectivity index (χ4v) is 3.64. The molecule has 0 spiro atoms. The lowest BCUT2D eigenvalue weighted by Crippen LogP contribution is -2.31. The minimum Gasteiger partial charge on any atom is -0.380 e. The molecule has 1 aliphatic rings. The van der Waals surface area contributed by atoms with Gasteiger partial charge in [0.2, 0.25) is 0 Å². The van der Waals surface area contributed by atoms with Crippen LogP contribution in [-0.4, -0.2) is 5.11 Å². The first-order valence-corrected chi connectivity index (χ1v) is 8.12. The first-order valence-electron chi connectivity index (χ1n) is 8.12. The monoisotopic (exact) mass is 280 g/mol. The highest BCUT2D eigenvalue weighted by molar-refractivity contribution is 5.35. The molecule has 2 aromatic rings. The van der Waals surface area contributed by atoms with E-state index in [9.17, 15) is 5.11 Å². The third kappa shape index (κ3) is 3.19. The Balaban J connectivity index is 1.94. The Labute approximate surface area is 127 Å². The molecule has 21 heavy (non-hydrogen) atoms. The van der Waals surface area contributed by atoms with Crippen molar-refractivity contribution in [1.29, 1.82) is 0 Å². The predicted octanol–water partition coefficient (Wildman–Crippen LogP) is 4.89. The van der Waals surface area contributed by atoms with E-state index in [1.54, 1.807) is 0 Å². The van der Waals surface area contributed by atoms with E-state index < -0.39 is 5.60 Å². The first kappa shape index (κ1) is 14.3. The molecule has 2 aromatic carbocycles. The number of rotatable bonds is 4. The van der Waals surface area contributed by atoms with Gasteiger partial charge in [-0.3, -0.25) is 0 Å².